The molecule has 2 nitrogen and oxygen atoms in total. The van der Waals surface area contributed by atoms with Gasteiger partial charge in [0.25, 0.3) is 0 Å². The fourth-order valence-electron chi connectivity index (χ4n) is 2.55. The SMILES string of the molecule is CC(=O)c1c(C)c(C)c2ccccc2c1C(C)=O. The lowest BCUT2D eigenvalue weighted by Gasteiger charge is -2.15. The van der Waals surface area contributed by atoms with E-state index in [4.69, 9.17) is 0 Å². The van der Waals surface area contributed by atoms with Crippen LogP contribution in [-0.4, -0.2) is 11.6 Å². The van der Waals surface area contributed by atoms with E-state index in [9.17, 15) is 9.59 Å². The Kier molecular flexibility index (Phi) is 3.04. The topological polar surface area (TPSA) is 34.1 Å². The zero-order valence-corrected chi connectivity index (χ0v) is 11.1. The number of fused-ring (bicyclic) bond motifs is 1. The van der Waals surface area contributed by atoms with E-state index in [0.29, 0.717) is 11.1 Å². The maximum atomic E-state index is 11.9. The first kappa shape index (κ1) is 12.5. The lowest BCUT2D eigenvalue weighted by atomic mass is 9.87. The molecule has 0 radical (unpaired) electrons. The molecule has 0 aromatic heterocycles. The van der Waals surface area contributed by atoms with Crippen LogP contribution in [0.4, 0.5) is 0 Å². The fourth-order valence-corrected chi connectivity index (χ4v) is 2.55. The first-order valence-electron chi connectivity index (χ1n) is 5.99. The highest BCUT2D eigenvalue weighted by molar-refractivity contribution is 6.17. The molecule has 0 aliphatic carbocycles. The lowest BCUT2D eigenvalue weighted by Crippen LogP contribution is -2.09. The molecule has 0 unspecified atom stereocenters. The summed E-state index contributed by atoms with van der Waals surface area (Å²) < 4.78 is 0. The van der Waals surface area contributed by atoms with Crippen LogP contribution in [0.25, 0.3) is 10.8 Å². The van der Waals surface area contributed by atoms with Crippen molar-refractivity contribution < 1.29 is 9.59 Å². The quantitative estimate of drug-likeness (QED) is 0.747. The van der Waals surface area contributed by atoms with E-state index in [1.54, 1.807) is 0 Å². The van der Waals surface area contributed by atoms with Gasteiger partial charge in [-0.15, -0.1) is 0 Å². The van der Waals surface area contributed by atoms with Crippen molar-refractivity contribution in [1.82, 2.24) is 0 Å². The second-order valence-electron chi connectivity index (χ2n) is 4.66. The molecule has 2 rings (SSSR count). The molecule has 0 N–H and O–H groups in total. The molecule has 18 heavy (non-hydrogen) atoms. The van der Waals surface area contributed by atoms with E-state index < -0.39 is 0 Å². The van der Waals surface area contributed by atoms with E-state index in [-0.39, 0.29) is 11.6 Å². The van der Waals surface area contributed by atoms with Crippen LogP contribution in [0.3, 0.4) is 0 Å². The number of hydrogen-bond donors (Lipinski definition) is 0. The molecule has 0 fully saturated rings. The van der Waals surface area contributed by atoms with Crippen LogP contribution in [0.1, 0.15) is 45.7 Å². The molecular weight excluding hydrogens is 224 g/mol. The smallest absolute Gasteiger partial charge is 0.161 e. The summed E-state index contributed by atoms with van der Waals surface area (Å²) in [4.78, 5) is 23.7. The van der Waals surface area contributed by atoms with E-state index in [1.807, 2.05) is 38.1 Å². The third kappa shape index (κ3) is 1.74. The summed E-state index contributed by atoms with van der Waals surface area (Å²) >= 11 is 0. The number of rotatable bonds is 2. The van der Waals surface area contributed by atoms with Gasteiger partial charge in [-0.05, 0) is 49.6 Å². The zero-order valence-electron chi connectivity index (χ0n) is 11.1. The Morgan fingerprint density at radius 1 is 0.778 bits per heavy atom. The minimum absolute atomic E-state index is 0.0495. The molecule has 0 amide bonds. The second-order valence-corrected chi connectivity index (χ2v) is 4.66. The Hall–Kier alpha value is -1.96. The molecule has 0 aliphatic heterocycles. The standard InChI is InChI=1S/C16H16O2/c1-9-10(2)15(11(3)17)16(12(4)18)14-8-6-5-7-13(9)14/h5-8H,1-4H3. The summed E-state index contributed by atoms with van der Waals surface area (Å²) in [6.07, 6.45) is 0. The summed E-state index contributed by atoms with van der Waals surface area (Å²) in [6, 6.07) is 7.75. The highest BCUT2D eigenvalue weighted by atomic mass is 16.1. The maximum Gasteiger partial charge on any atom is 0.161 e. The highest BCUT2D eigenvalue weighted by Crippen LogP contribution is 2.30. The average Bonchev–Trinajstić information content (AvgIpc) is 2.32. The van der Waals surface area contributed by atoms with Crippen molar-refractivity contribution in [3.8, 4) is 0 Å². The van der Waals surface area contributed by atoms with E-state index in [1.165, 1.54) is 13.8 Å². The van der Waals surface area contributed by atoms with E-state index in [0.717, 1.165) is 21.9 Å². The molecule has 0 bridgehead atoms. The number of aryl methyl sites for hydroxylation is 1. The molecule has 2 heteroatoms. The van der Waals surface area contributed by atoms with Crippen molar-refractivity contribution in [3.05, 3.63) is 46.5 Å². The Balaban J connectivity index is 3.08. The van der Waals surface area contributed by atoms with E-state index in [2.05, 4.69) is 0 Å². The Bertz CT molecular complexity index is 666. The normalized spacial score (nSPS) is 10.7. The number of carbonyl (C=O) groups excluding carboxylic acids is 2. The molecular formula is C16H16O2. The lowest BCUT2D eigenvalue weighted by molar-refractivity contribution is 0.0981. The van der Waals surface area contributed by atoms with Gasteiger partial charge in [0.2, 0.25) is 0 Å². The van der Waals surface area contributed by atoms with Gasteiger partial charge in [-0.3, -0.25) is 9.59 Å². The van der Waals surface area contributed by atoms with Gasteiger partial charge in [0.05, 0.1) is 0 Å². The number of carbonyl (C=O) groups is 2. The minimum Gasteiger partial charge on any atom is -0.294 e. The maximum absolute atomic E-state index is 11.9. The molecule has 2 aromatic rings. The first-order valence-corrected chi connectivity index (χ1v) is 5.99. The Morgan fingerprint density at radius 3 is 1.78 bits per heavy atom. The monoisotopic (exact) mass is 240 g/mol. The second kappa shape index (κ2) is 4.37. The number of hydrogen-bond acceptors (Lipinski definition) is 2. The number of benzene rings is 2. The van der Waals surface area contributed by atoms with Crippen LogP contribution < -0.4 is 0 Å². The van der Waals surface area contributed by atoms with Gasteiger partial charge in [-0.25, -0.2) is 0 Å². The van der Waals surface area contributed by atoms with Gasteiger partial charge in [0.15, 0.2) is 11.6 Å². The predicted molar refractivity (Wildman–Crippen MR) is 73.4 cm³/mol. The van der Waals surface area contributed by atoms with E-state index >= 15 is 0 Å². The van der Waals surface area contributed by atoms with Gasteiger partial charge in [-0.2, -0.15) is 0 Å². The van der Waals surface area contributed by atoms with Crippen molar-refractivity contribution in [2.75, 3.05) is 0 Å². The van der Waals surface area contributed by atoms with Gasteiger partial charge in [0.1, 0.15) is 0 Å². The van der Waals surface area contributed by atoms with Crippen LogP contribution in [-0.2, 0) is 0 Å². The average molecular weight is 240 g/mol. The largest absolute Gasteiger partial charge is 0.294 e. The molecule has 2 aromatic carbocycles. The molecule has 0 spiro atoms. The number of ketones is 2. The summed E-state index contributed by atoms with van der Waals surface area (Å²) in [7, 11) is 0. The van der Waals surface area contributed by atoms with Crippen molar-refractivity contribution in [1.29, 1.82) is 0 Å². The fraction of sp³-hybridized carbons (Fsp3) is 0.250. The minimum atomic E-state index is -0.0560. The van der Waals surface area contributed by atoms with Crippen LogP contribution in [0, 0.1) is 13.8 Å². The van der Waals surface area contributed by atoms with Crippen molar-refractivity contribution in [3.63, 3.8) is 0 Å². The van der Waals surface area contributed by atoms with Gasteiger partial charge in [0, 0.05) is 11.1 Å². The molecule has 0 saturated heterocycles. The van der Waals surface area contributed by atoms with Crippen molar-refractivity contribution >= 4 is 22.3 Å². The van der Waals surface area contributed by atoms with Gasteiger partial charge < -0.3 is 0 Å². The molecule has 0 saturated carbocycles. The van der Waals surface area contributed by atoms with Crippen LogP contribution in [0.15, 0.2) is 24.3 Å². The molecule has 92 valence electrons. The molecule has 0 atom stereocenters. The third-order valence-corrected chi connectivity index (χ3v) is 3.49. The summed E-state index contributed by atoms with van der Waals surface area (Å²) in [5.41, 5.74) is 3.10. The zero-order chi connectivity index (χ0) is 13.4. The first-order chi connectivity index (χ1) is 8.45. The Labute approximate surface area is 107 Å². The molecule has 0 heterocycles. The van der Waals surface area contributed by atoms with Crippen LogP contribution >= 0.6 is 0 Å². The predicted octanol–water partition coefficient (Wildman–Crippen LogP) is 3.86. The summed E-state index contributed by atoms with van der Waals surface area (Å²) in [5, 5.41) is 1.92. The van der Waals surface area contributed by atoms with Crippen LogP contribution in [0.5, 0.6) is 0 Å². The summed E-state index contributed by atoms with van der Waals surface area (Å²) in [6.45, 7) is 6.94. The van der Waals surface area contributed by atoms with Gasteiger partial charge >= 0.3 is 0 Å². The van der Waals surface area contributed by atoms with Crippen LogP contribution in [0.2, 0.25) is 0 Å². The summed E-state index contributed by atoms with van der Waals surface area (Å²) in [5.74, 6) is -0.106. The van der Waals surface area contributed by atoms with Crippen molar-refractivity contribution in [2.45, 2.75) is 27.7 Å². The number of Topliss-reactive ketones (excluding diaryl/α,β-unsaturated/α-hetero) is 2. The highest BCUT2D eigenvalue weighted by Gasteiger charge is 2.19. The van der Waals surface area contributed by atoms with Gasteiger partial charge in [-0.1, -0.05) is 24.3 Å². The van der Waals surface area contributed by atoms with Crippen molar-refractivity contribution in [2.24, 2.45) is 0 Å². The molecule has 0 aliphatic rings. The third-order valence-electron chi connectivity index (χ3n) is 3.49. The Morgan fingerprint density at radius 2 is 1.28 bits per heavy atom.